The van der Waals surface area contributed by atoms with Gasteiger partial charge in [0.25, 0.3) is 5.97 Å². The zero-order chi connectivity index (χ0) is 25.4. The molecule has 8 nitrogen and oxygen atoms in total. The number of aliphatic carboxylic acids is 1. The summed E-state index contributed by atoms with van der Waals surface area (Å²) in [7, 11) is 0. The van der Waals surface area contributed by atoms with Crippen molar-refractivity contribution < 1.29 is 9.90 Å². The molecule has 0 amide bonds. The van der Waals surface area contributed by atoms with Crippen LogP contribution in [0.3, 0.4) is 0 Å². The summed E-state index contributed by atoms with van der Waals surface area (Å²) in [4.78, 5) is 27.6. The molecule has 5 aromatic rings. The first-order chi connectivity index (χ1) is 18.0. The zero-order valence-corrected chi connectivity index (χ0v) is 21.1. The number of carboxylic acids is 1. The highest BCUT2D eigenvalue weighted by Gasteiger charge is 2.15. The van der Waals surface area contributed by atoms with Gasteiger partial charge in [0.05, 0.1) is 23.7 Å². The van der Waals surface area contributed by atoms with E-state index < -0.39 is 5.97 Å². The molecule has 2 aromatic carbocycles. The maximum absolute atomic E-state index is 9.00. The van der Waals surface area contributed by atoms with E-state index in [4.69, 9.17) is 9.90 Å². The fraction of sp³-hybridized carbons (Fsp3) is 0.179. The molecule has 9 heteroatoms. The first-order valence-electron chi connectivity index (χ1n) is 12.2. The molecule has 0 unspecified atom stereocenters. The minimum absolute atomic E-state index is 0.833. The van der Waals surface area contributed by atoms with Crippen molar-refractivity contribution in [2.24, 2.45) is 9.98 Å². The summed E-state index contributed by atoms with van der Waals surface area (Å²) in [6.45, 7) is 4.62. The van der Waals surface area contributed by atoms with Gasteiger partial charge >= 0.3 is 0 Å². The van der Waals surface area contributed by atoms with Gasteiger partial charge in [0.1, 0.15) is 11.7 Å². The molecule has 5 heterocycles. The fourth-order valence-electron chi connectivity index (χ4n) is 4.69. The van der Waals surface area contributed by atoms with Crippen molar-refractivity contribution in [2.45, 2.75) is 6.92 Å². The number of H-pyrrole nitrogens is 2. The summed E-state index contributed by atoms with van der Waals surface area (Å²) in [6, 6.07) is 19.7. The van der Waals surface area contributed by atoms with Crippen molar-refractivity contribution in [3.8, 4) is 21.0 Å². The number of aliphatic imine (C=N–C) groups is 2. The highest BCUT2D eigenvalue weighted by atomic mass is 32.1. The van der Waals surface area contributed by atoms with Crippen LogP contribution in [0, 0.1) is 0 Å². The fourth-order valence-corrected chi connectivity index (χ4v) is 5.70. The molecule has 7 rings (SSSR count). The van der Waals surface area contributed by atoms with E-state index in [0.29, 0.717) is 0 Å². The van der Waals surface area contributed by atoms with Gasteiger partial charge in [0.2, 0.25) is 0 Å². The van der Waals surface area contributed by atoms with Crippen molar-refractivity contribution in [3.05, 3.63) is 71.9 Å². The Morgan fingerprint density at radius 3 is 2.19 bits per heavy atom. The highest BCUT2D eigenvalue weighted by molar-refractivity contribution is 7.18. The second kappa shape index (κ2) is 9.59. The van der Waals surface area contributed by atoms with Crippen LogP contribution in [0.15, 0.2) is 70.8 Å². The summed E-state index contributed by atoms with van der Waals surface area (Å²) < 4.78 is 0. The normalized spacial score (nSPS) is 14.6. The summed E-state index contributed by atoms with van der Waals surface area (Å²) in [6.07, 6.45) is 2.11. The molecule has 37 heavy (non-hydrogen) atoms. The molecule has 0 fully saturated rings. The van der Waals surface area contributed by atoms with E-state index >= 15 is 0 Å². The van der Waals surface area contributed by atoms with E-state index in [9.17, 15) is 0 Å². The van der Waals surface area contributed by atoms with Gasteiger partial charge in [-0.3, -0.25) is 14.8 Å². The number of aromatic nitrogens is 2. The summed E-state index contributed by atoms with van der Waals surface area (Å²) >= 11 is 1.81. The van der Waals surface area contributed by atoms with Gasteiger partial charge in [-0.25, -0.2) is 0 Å². The van der Waals surface area contributed by atoms with E-state index in [1.54, 1.807) is 0 Å². The van der Waals surface area contributed by atoms with Crippen LogP contribution >= 0.6 is 11.3 Å². The predicted molar refractivity (Wildman–Crippen MR) is 151 cm³/mol. The third kappa shape index (κ3) is 4.61. The molecule has 0 atom stereocenters. The second-order valence-electron chi connectivity index (χ2n) is 8.94. The van der Waals surface area contributed by atoms with Gasteiger partial charge in [-0.2, -0.15) is 0 Å². The van der Waals surface area contributed by atoms with Gasteiger partial charge in [-0.1, -0.05) is 24.3 Å². The topological polar surface area (TPSA) is 118 Å². The SMILES string of the molecule is CC(=O)O.c1cc2cc(-c3ccc(-c4c[nH]c5cc(C6=NCCN6)ccc45)s3)[nH]c2cc1C1=NCCN1. The number of carbonyl (C=O) groups is 1. The van der Waals surface area contributed by atoms with Crippen molar-refractivity contribution in [2.75, 3.05) is 26.2 Å². The van der Waals surface area contributed by atoms with Crippen LogP contribution < -0.4 is 10.6 Å². The number of carboxylic acid groups (broad SMARTS) is 1. The number of fused-ring (bicyclic) bond motifs is 2. The summed E-state index contributed by atoms with van der Waals surface area (Å²) in [5, 5.41) is 16.6. The number of nitrogens with one attached hydrogen (secondary N) is 4. The second-order valence-corrected chi connectivity index (χ2v) is 10.0. The van der Waals surface area contributed by atoms with Gasteiger partial charge in [-0.15, -0.1) is 11.3 Å². The van der Waals surface area contributed by atoms with E-state index in [1.807, 2.05) is 11.3 Å². The van der Waals surface area contributed by atoms with Gasteiger partial charge in [-0.05, 0) is 30.3 Å². The Morgan fingerprint density at radius 1 is 0.865 bits per heavy atom. The molecule has 0 bridgehead atoms. The van der Waals surface area contributed by atoms with Crippen LogP contribution in [0.5, 0.6) is 0 Å². The number of hydrogen-bond donors (Lipinski definition) is 5. The Morgan fingerprint density at radius 2 is 1.51 bits per heavy atom. The molecular formula is C28H26N6O2S. The third-order valence-corrected chi connectivity index (χ3v) is 7.49. The van der Waals surface area contributed by atoms with Crippen LogP contribution in [-0.2, 0) is 4.79 Å². The minimum Gasteiger partial charge on any atom is -0.481 e. The lowest BCUT2D eigenvalue weighted by Gasteiger charge is -2.03. The molecule has 3 aromatic heterocycles. The highest BCUT2D eigenvalue weighted by Crippen LogP contribution is 2.38. The molecular weight excluding hydrogens is 484 g/mol. The average Bonchev–Trinajstić information content (AvgIpc) is 3.72. The lowest BCUT2D eigenvalue weighted by Crippen LogP contribution is -2.19. The molecule has 0 aliphatic carbocycles. The number of hydrogen-bond acceptors (Lipinski definition) is 6. The molecule has 0 saturated heterocycles. The van der Waals surface area contributed by atoms with Crippen molar-refractivity contribution >= 4 is 50.8 Å². The number of aromatic amines is 2. The van der Waals surface area contributed by atoms with Crippen LogP contribution in [0.2, 0.25) is 0 Å². The largest absolute Gasteiger partial charge is 0.481 e. The Balaban J connectivity index is 0.000000590. The maximum Gasteiger partial charge on any atom is 0.300 e. The number of thiophene rings is 1. The Hall–Kier alpha value is -4.37. The van der Waals surface area contributed by atoms with E-state index in [1.165, 1.54) is 26.1 Å². The van der Waals surface area contributed by atoms with Crippen molar-refractivity contribution in [1.29, 1.82) is 0 Å². The van der Waals surface area contributed by atoms with Crippen molar-refractivity contribution in [3.63, 3.8) is 0 Å². The lowest BCUT2D eigenvalue weighted by atomic mass is 10.1. The predicted octanol–water partition coefficient (Wildman–Crippen LogP) is 4.84. The van der Waals surface area contributed by atoms with E-state index in [2.05, 4.69) is 91.4 Å². The summed E-state index contributed by atoms with van der Waals surface area (Å²) in [5.74, 6) is 1.15. The lowest BCUT2D eigenvalue weighted by molar-refractivity contribution is -0.134. The number of rotatable bonds is 4. The minimum atomic E-state index is -0.833. The molecule has 0 radical (unpaired) electrons. The van der Waals surface area contributed by atoms with Gasteiger partial charge in [0.15, 0.2) is 0 Å². The van der Waals surface area contributed by atoms with Crippen LogP contribution in [0.1, 0.15) is 18.1 Å². The van der Waals surface area contributed by atoms with Crippen molar-refractivity contribution in [1.82, 2.24) is 20.6 Å². The molecule has 0 saturated carbocycles. The van der Waals surface area contributed by atoms with Crippen LogP contribution in [0.4, 0.5) is 0 Å². The molecule has 0 spiro atoms. The molecule has 2 aliphatic rings. The third-order valence-electron chi connectivity index (χ3n) is 6.34. The number of amidine groups is 2. The maximum atomic E-state index is 9.00. The molecule has 2 aliphatic heterocycles. The standard InChI is InChI=1S/C26H22N6S.C2H4O2/c1-2-16(25-27-7-8-28-25)12-20-15(1)11-22(32-20)24-6-5-23(33-24)19-14-31-21-13-17(3-4-18(19)21)26-29-9-10-30-26;1-2(3)4/h1-6,11-14,31-32H,7-10H2,(H,27,28)(H,29,30);1H3,(H,3,4). The average molecular weight is 511 g/mol. The van der Waals surface area contributed by atoms with Crippen LogP contribution in [-0.4, -0.2) is 58.9 Å². The summed E-state index contributed by atoms with van der Waals surface area (Å²) in [5.41, 5.74) is 6.92. The molecule has 5 N–H and O–H groups in total. The van der Waals surface area contributed by atoms with E-state index in [-0.39, 0.29) is 0 Å². The number of nitrogens with zero attached hydrogens (tertiary/aromatic N) is 2. The Labute approximate surface area is 217 Å². The van der Waals surface area contributed by atoms with Gasteiger partial charge < -0.3 is 25.7 Å². The quantitative estimate of drug-likeness (QED) is 0.238. The van der Waals surface area contributed by atoms with Crippen LogP contribution in [0.25, 0.3) is 42.8 Å². The smallest absolute Gasteiger partial charge is 0.300 e. The first kappa shape index (κ1) is 23.1. The monoisotopic (exact) mass is 510 g/mol. The first-order valence-corrected chi connectivity index (χ1v) is 13.0. The zero-order valence-electron chi connectivity index (χ0n) is 20.3. The van der Waals surface area contributed by atoms with Gasteiger partial charge in [0, 0.05) is 69.6 Å². The molecule has 186 valence electrons. The van der Waals surface area contributed by atoms with E-state index in [0.717, 1.165) is 72.6 Å². The number of benzene rings is 2. The Bertz CT molecular complexity index is 1690. The Kier molecular flexibility index (Phi) is 5.97.